The Morgan fingerprint density at radius 1 is 1.11 bits per heavy atom. The summed E-state index contributed by atoms with van der Waals surface area (Å²) < 4.78 is 0. The average Bonchev–Trinajstić information content (AvgIpc) is 3.20. The predicted octanol–water partition coefficient (Wildman–Crippen LogP) is 1.77. The van der Waals surface area contributed by atoms with Crippen molar-refractivity contribution in [1.29, 1.82) is 0 Å². The first kappa shape index (κ1) is 22.1. The summed E-state index contributed by atoms with van der Waals surface area (Å²) in [4.78, 5) is 39.7. The molecule has 3 unspecified atom stereocenters. The van der Waals surface area contributed by atoms with Gasteiger partial charge in [-0.3, -0.25) is 9.59 Å². The van der Waals surface area contributed by atoms with E-state index in [0.717, 1.165) is 32.1 Å². The Morgan fingerprint density at radius 3 is 2.46 bits per heavy atom. The molecule has 28 heavy (non-hydrogen) atoms. The topological polar surface area (TPSA) is 90.5 Å². The van der Waals surface area contributed by atoms with Crippen molar-refractivity contribution in [2.24, 2.45) is 5.92 Å². The fraction of sp³-hybridized carbons (Fsp3) is 0.762. The highest BCUT2D eigenvalue weighted by molar-refractivity contribution is 5.92. The van der Waals surface area contributed by atoms with E-state index in [1.165, 1.54) is 6.42 Å². The minimum atomic E-state index is -0.576. The quantitative estimate of drug-likeness (QED) is 0.579. The summed E-state index contributed by atoms with van der Waals surface area (Å²) in [5.74, 6) is 2.44. The summed E-state index contributed by atoms with van der Waals surface area (Å²) in [7, 11) is 1.54. The molecule has 1 saturated heterocycles. The van der Waals surface area contributed by atoms with E-state index < -0.39 is 12.1 Å². The van der Waals surface area contributed by atoms with E-state index in [-0.39, 0.29) is 29.8 Å². The summed E-state index contributed by atoms with van der Waals surface area (Å²) in [6.45, 7) is 2.47. The zero-order chi connectivity index (χ0) is 20.5. The van der Waals surface area contributed by atoms with E-state index in [4.69, 9.17) is 6.42 Å². The van der Waals surface area contributed by atoms with Crippen LogP contribution in [0, 0.1) is 18.3 Å². The number of terminal acetylenes is 1. The van der Waals surface area contributed by atoms with Crippen molar-refractivity contribution in [1.82, 2.24) is 20.9 Å². The zero-order valence-corrected chi connectivity index (χ0v) is 17.1. The van der Waals surface area contributed by atoms with Gasteiger partial charge in [0.2, 0.25) is 11.8 Å². The third-order valence-electron chi connectivity index (χ3n) is 5.85. The number of nitrogens with one attached hydrogen (secondary N) is 3. The van der Waals surface area contributed by atoms with Crippen LogP contribution in [-0.2, 0) is 9.59 Å². The van der Waals surface area contributed by atoms with Crippen LogP contribution in [0.4, 0.5) is 4.79 Å². The van der Waals surface area contributed by atoms with Gasteiger partial charge >= 0.3 is 6.03 Å². The number of carbonyl (C=O) groups is 3. The van der Waals surface area contributed by atoms with Crippen LogP contribution >= 0.6 is 0 Å². The molecule has 1 saturated carbocycles. The van der Waals surface area contributed by atoms with Crippen LogP contribution in [0.25, 0.3) is 0 Å². The van der Waals surface area contributed by atoms with Crippen molar-refractivity contribution < 1.29 is 14.4 Å². The Morgan fingerprint density at radius 2 is 1.82 bits per heavy atom. The Balaban J connectivity index is 2.07. The van der Waals surface area contributed by atoms with Gasteiger partial charge in [0.05, 0.1) is 0 Å². The molecule has 0 aromatic rings. The molecule has 2 aliphatic rings. The molecule has 1 heterocycles. The second-order valence-corrected chi connectivity index (χ2v) is 7.94. The molecule has 0 aromatic carbocycles. The molecule has 1 aliphatic carbocycles. The van der Waals surface area contributed by atoms with E-state index in [2.05, 4.69) is 21.9 Å². The lowest BCUT2D eigenvalue weighted by atomic mass is 9.83. The van der Waals surface area contributed by atoms with Crippen molar-refractivity contribution >= 4 is 17.8 Å². The average molecular weight is 391 g/mol. The second kappa shape index (κ2) is 10.9. The highest BCUT2D eigenvalue weighted by Gasteiger charge is 2.40. The Labute approximate surface area is 168 Å². The molecule has 0 spiro atoms. The number of amides is 4. The van der Waals surface area contributed by atoms with Gasteiger partial charge in [-0.15, -0.1) is 12.3 Å². The molecule has 156 valence electrons. The lowest BCUT2D eigenvalue weighted by Crippen LogP contribution is -2.57. The van der Waals surface area contributed by atoms with Crippen LogP contribution in [-0.4, -0.2) is 54.5 Å². The highest BCUT2D eigenvalue weighted by atomic mass is 16.2. The smallest absolute Gasteiger partial charge is 0.315 e. The normalized spacial score (nSPS) is 22.0. The van der Waals surface area contributed by atoms with Gasteiger partial charge in [0, 0.05) is 26.1 Å². The van der Waals surface area contributed by atoms with Gasteiger partial charge in [0.1, 0.15) is 12.1 Å². The zero-order valence-electron chi connectivity index (χ0n) is 17.1. The van der Waals surface area contributed by atoms with Gasteiger partial charge in [-0.05, 0) is 44.9 Å². The maximum Gasteiger partial charge on any atom is 0.315 e. The molecule has 0 bridgehead atoms. The molecule has 3 atom stereocenters. The SMILES string of the molecule is C#CCCC(C)NC(=O)C1CCCN1C(=O)C(NC(=O)NC)C1CCCCC1. The summed E-state index contributed by atoms with van der Waals surface area (Å²) in [6.07, 6.45) is 13.2. The van der Waals surface area contributed by atoms with E-state index >= 15 is 0 Å². The minimum absolute atomic E-state index is 0.0285. The number of carbonyl (C=O) groups excluding carboxylic acids is 3. The van der Waals surface area contributed by atoms with Crippen LogP contribution < -0.4 is 16.0 Å². The highest BCUT2D eigenvalue weighted by Crippen LogP contribution is 2.29. The fourth-order valence-corrected chi connectivity index (χ4v) is 4.25. The number of likely N-dealkylation sites (tertiary alicyclic amines) is 1. The monoisotopic (exact) mass is 390 g/mol. The Bertz CT molecular complexity index is 595. The van der Waals surface area contributed by atoms with Crippen molar-refractivity contribution in [2.45, 2.75) is 82.8 Å². The largest absolute Gasteiger partial charge is 0.352 e. The first-order valence-electron chi connectivity index (χ1n) is 10.5. The van der Waals surface area contributed by atoms with Crippen molar-refractivity contribution in [3.05, 3.63) is 0 Å². The van der Waals surface area contributed by atoms with Gasteiger partial charge in [-0.1, -0.05) is 19.3 Å². The molecule has 2 rings (SSSR count). The van der Waals surface area contributed by atoms with Gasteiger partial charge in [0.15, 0.2) is 0 Å². The third kappa shape index (κ3) is 5.88. The summed E-state index contributed by atoms with van der Waals surface area (Å²) in [5, 5.41) is 8.37. The standard InChI is InChI=1S/C21H34N4O3/c1-4-5-10-15(2)23-19(26)17-13-9-14-25(17)20(27)18(24-21(28)22-3)16-11-7-6-8-12-16/h1,15-18H,5-14H2,2-3H3,(H,23,26)(H2,22,24,28). The van der Waals surface area contributed by atoms with Gasteiger partial charge in [-0.2, -0.15) is 0 Å². The lowest BCUT2D eigenvalue weighted by molar-refractivity contribution is -0.141. The molecule has 1 aliphatic heterocycles. The van der Waals surface area contributed by atoms with E-state index in [0.29, 0.717) is 25.8 Å². The Kier molecular flexibility index (Phi) is 8.62. The maximum absolute atomic E-state index is 13.3. The molecule has 0 aromatic heterocycles. The van der Waals surface area contributed by atoms with Crippen LogP contribution in [0.1, 0.15) is 64.7 Å². The van der Waals surface area contributed by atoms with E-state index in [1.54, 1.807) is 11.9 Å². The maximum atomic E-state index is 13.3. The molecule has 0 radical (unpaired) electrons. The van der Waals surface area contributed by atoms with Gasteiger partial charge in [-0.25, -0.2) is 4.79 Å². The number of hydrogen-bond donors (Lipinski definition) is 3. The predicted molar refractivity (Wildman–Crippen MR) is 108 cm³/mol. The number of nitrogens with zero attached hydrogens (tertiary/aromatic N) is 1. The van der Waals surface area contributed by atoms with Crippen molar-refractivity contribution in [3.63, 3.8) is 0 Å². The first-order valence-corrected chi connectivity index (χ1v) is 10.5. The molecule has 2 fully saturated rings. The molecule has 4 amide bonds. The van der Waals surface area contributed by atoms with Crippen LogP contribution in [0.5, 0.6) is 0 Å². The minimum Gasteiger partial charge on any atom is -0.352 e. The summed E-state index contributed by atoms with van der Waals surface area (Å²) in [6, 6.07) is -1.43. The van der Waals surface area contributed by atoms with Crippen LogP contribution in [0.3, 0.4) is 0 Å². The first-order chi connectivity index (χ1) is 13.5. The summed E-state index contributed by atoms with van der Waals surface area (Å²) >= 11 is 0. The second-order valence-electron chi connectivity index (χ2n) is 7.94. The molecule has 3 N–H and O–H groups in total. The van der Waals surface area contributed by atoms with E-state index in [9.17, 15) is 14.4 Å². The third-order valence-corrected chi connectivity index (χ3v) is 5.85. The van der Waals surface area contributed by atoms with Gasteiger partial charge < -0.3 is 20.9 Å². The van der Waals surface area contributed by atoms with Crippen LogP contribution in [0.15, 0.2) is 0 Å². The van der Waals surface area contributed by atoms with Gasteiger partial charge in [0.25, 0.3) is 0 Å². The fourth-order valence-electron chi connectivity index (χ4n) is 4.25. The van der Waals surface area contributed by atoms with Crippen LogP contribution in [0.2, 0.25) is 0 Å². The molecular weight excluding hydrogens is 356 g/mol. The van der Waals surface area contributed by atoms with Crippen molar-refractivity contribution in [3.8, 4) is 12.3 Å². The molecule has 7 nitrogen and oxygen atoms in total. The number of urea groups is 1. The molecule has 7 heteroatoms. The Hall–Kier alpha value is -2.23. The number of hydrogen-bond acceptors (Lipinski definition) is 3. The van der Waals surface area contributed by atoms with E-state index in [1.807, 2.05) is 6.92 Å². The summed E-state index contributed by atoms with van der Waals surface area (Å²) in [5.41, 5.74) is 0. The number of rotatable bonds is 7. The lowest BCUT2D eigenvalue weighted by Gasteiger charge is -2.34. The molecular formula is C21H34N4O3. The van der Waals surface area contributed by atoms with Crippen molar-refractivity contribution in [2.75, 3.05) is 13.6 Å².